The number of piperidine rings is 1. The molecule has 0 radical (unpaired) electrons. The summed E-state index contributed by atoms with van der Waals surface area (Å²) in [5.41, 5.74) is 9.93. The van der Waals surface area contributed by atoms with Gasteiger partial charge in [-0.2, -0.15) is 0 Å². The highest BCUT2D eigenvalue weighted by atomic mass is 79.9. The molecule has 1 aliphatic heterocycles. The van der Waals surface area contributed by atoms with E-state index < -0.39 is 0 Å². The van der Waals surface area contributed by atoms with Crippen LogP contribution in [0.25, 0.3) is 0 Å². The number of carbonyl (C=O) groups excluding carboxylic acids is 1. The van der Waals surface area contributed by atoms with Crippen LogP contribution >= 0.6 is 15.9 Å². The lowest BCUT2D eigenvalue weighted by Gasteiger charge is -2.33. The van der Waals surface area contributed by atoms with E-state index in [4.69, 9.17) is 5.73 Å². The van der Waals surface area contributed by atoms with E-state index in [0.29, 0.717) is 30.3 Å². The zero-order chi connectivity index (χ0) is 23.2. The topological polar surface area (TPSA) is 96.5 Å². The molecule has 1 aliphatic rings. The average molecular weight is 507 g/mol. The van der Waals surface area contributed by atoms with Crippen LogP contribution < -0.4 is 16.0 Å². The fourth-order valence-electron chi connectivity index (χ4n) is 3.86. The van der Waals surface area contributed by atoms with Crippen LogP contribution in [0.3, 0.4) is 0 Å². The minimum atomic E-state index is -0.118. The Kier molecular flexibility index (Phi) is 7.34. The van der Waals surface area contributed by atoms with Crippen LogP contribution in [-0.2, 0) is 11.3 Å². The summed E-state index contributed by atoms with van der Waals surface area (Å²) >= 11 is 3.43. The van der Waals surface area contributed by atoms with Crippen LogP contribution in [0, 0.1) is 12.8 Å². The molecule has 3 N–H and O–H groups in total. The molecule has 0 spiro atoms. The van der Waals surface area contributed by atoms with E-state index in [1.54, 1.807) is 6.21 Å². The molecule has 0 aliphatic carbocycles. The number of benzene rings is 2. The lowest BCUT2D eigenvalue weighted by Crippen LogP contribution is -2.43. The first-order valence-corrected chi connectivity index (χ1v) is 11.8. The Morgan fingerprint density at radius 3 is 2.73 bits per heavy atom. The van der Waals surface area contributed by atoms with E-state index in [-0.39, 0.29) is 11.8 Å². The van der Waals surface area contributed by atoms with Crippen molar-refractivity contribution in [3.63, 3.8) is 0 Å². The van der Waals surface area contributed by atoms with Crippen LogP contribution in [-0.4, -0.2) is 35.2 Å². The summed E-state index contributed by atoms with van der Waals surface area (Å²) in [6.45, 7) is 3.93. The van der Waals surface area contributed by atoms with Crippen LogP contribution in [0.2, 0.25) is 0 Å². The Labute approximate surface area is 202 Å². The third-order valence-electron chi connectivity index (χ3n) is 5.74. The summed E-state index contributed by atoms with van der Waals surface area (Å²) in [4.78, 5) is 28.2. The first kappa shape index (κ1) is 22.9. The average Bonchev–Trinajstić information content (AvgIpc) is 2.84. The molecule has 4 rings (SSSR count). The molecule has 33 heavy (non-hydrogen) atoms. The minimum Gasteiger partial charge on any atom is -0.383 e. The van der Waals surface area contributed by atoms with Gasteiger partial charge in [0.1, 0.15) is 18.0 Å². The van der Waals surface area contributed by atoms with Gasteiger partial charge in [0.15, 0.2) is 0 Å². The fraction of sp³-hybridized carbons (Fsp3) is 0.280. The molecule has 0 unspecified atom stereocenters. The number of aliphatic imine (C=N–C) groups is 1. The van der Waals surface area contributed by atoms with Crippen LogP contribution in [0.5, 0.6) is 0 Å². The highest BCUT2D eigenvalue weighted by Crippen LogP contribution is 2.26. The molecule has 2 heterocycles. The van der Waals surface area contributed by atoms with E-state index >= 15 is 0 Å². The van der Waals surface area contributed by atoms with Crippen molar-refractivity contribution in [1.82, 2.24) is 15.3 Å². The van der Waals surface area contributed by atoms with Crippen molar-refractivity contribution in [2.45, 2.75) is 26.3 Å². The van der Waals surface area contributed by atoms with Crippen molar-refractivity contribution in [1.29, 1.82) is 0 Å². The molecule has 1 saturated heterocycles. The third-order valence-corrected chi connectivity index (χ3v) is 6.27. The van der Waals surface area contributed by atoms with E-state index in [2.05, 4.69) is 41.1 Å². The van der Waals surface area contributed by atoms with Gasteiger partial charge in [0.25, 0.3) is 0 Å². The zero-order valence-electron chi connectivity index (χ0n) is 18.5. The quantitative estimate of drug-likeness (QED) is 0.482. The monoisotopic (exact) mass is 506 g/mol. The maximum Gasteiger partial charge on any atom is 0.225 e. The number of halogens is 1. The molecule has 0 saturated carbocycles. The predicted octanol–water partition coefficient (Wildman–Crippen LogP) is 4.41. The minimum absolute atomic E-state index is 0.0551. The summed E-state index contributed by atoms with van der Waals surface area (Å²) in [6.07, 6.45) is 4.92. The Balaban J connectivity index is 1.46. The molecular formula is C25H27BrN6O. The van der Waals surface area contributed by atoms with Gasteiger partial charge in [0.05, 0.1) is 17.2 Å². The number of nitrogen functional groups attached to an aromatic ring is 1. The Hall–Kier alpha value is -3.26. The number of nitrogens with zero attached hydrogens (tertiary/aromatic N) is 4. The number of amides is 1. The third kappa shape index (κ3) is 5.96. The molecular weight excluding hydrogens is 480 g/mol. The number of aryl methyl sites for hydroxylation is 1. The summed E-state index contributed by atoms with van der Waals surface area (Å²) < 4.78 is 1.02. The Bertz CT molecular complexity index is 1130. The van der Waals surface area contributed by atoms with Gasteiger partial charge in [-0.25, -0.2) is 9.97 Å². The number of hydrogen-bond acceptors (Lipinski definition) is 6. The van der Waals surface area contributed by atoms with E-state index in [9.17, 15) is 4.79 Å². The van der Waals surface area contributed by atoms with Crippen molar-refractivity contribution < 1.29 is 4.79 Å². The summed E-state index contributed by atoms with van der Waals surface area (Å²) in [5.74, 6) is 1.02. The fourth-order valence-corrected chi connectivity index (χ4v) is 4.13. The molecule has 1 aromatic heterocycles. The van der Waals surface area contributed by atoms with E-state index in [0.717, 1.165) is 35.1 Å². The van der Waals surface area contributed by atoms with Gasteiger partial charge in [-0.15, -0.1) is 0 Å². The molecule has 8 heteroatoms. The van der Waals surface area contributed by atoms with Gasteiger partial charge in [-0.3, -0.25) is 9.79 Å². The lowest BCUT2D eigenvalue weighted by atomic mass is 9.96. The highest BCUT2D eigenvalue weighted by molar-refractivity contribution is 9.10. The second kappa shape index (κ2) is 10.6. The number of nitrogens with two attached hydrogens (primary N) is 1. The SMILES string of the molecule is Cc1ccc(N=Cc2c(N)ncnc2N2CCC[C@@H](C(=O)NCc3ccc(Br)cc3)C2)cc1. The molecule has 0 bridgehead atoms. The van der Waals surface area contributed by atoms with Gasteiger partial charge in [0, 0.05) is 30.3 Å². The van der Waals surface area contributed by atoms with Gasteiger partial charge >= 0.3 is 0 Å². The van der Waals surface area contributed by atoms with Crippen molar-refractivity contribution in [3.05, 3.63) is 76.0 Å². The van der Waals surface area contributed by atoms with Crippen molar-refractivity contribution in [2.24, 2.45) is 10.9 Å². The normalized spacial score (nSPS) is 16.2. The van der Waals surface area contributed by atoms with Crippen molar-refractivity contribution >= 4 is 45.4 Å². The highest BCUT2D eigenvalue weighted by Gasteiger charge is 2.28. The molecule has 2 aromatic carbocycles. The number of aromatic nitrogens is 2. The lowest BCUT2D eigenvalue weighted by molar-refractivity contribution is -0.125. The molecule has 1 atom stereocenters. The molecule has 7 nitrogen and oxygen atoms in total. The smallest absolute Gasteiger partial charge is 0.225 e. The summed E-state index contributed by atoms with van der Waals surface area (Å²) in [6, 6.07) is 15.9. The molecule has 3 aromatic rings. The summed E-state index contributed by atoms with van der Waals surface area (Å²) in [7, 11) is 0. The van der Waals surface area contributed by atoms with Crippen LogP contribution in [0.4, 0.5) is 17.3 Å². The first-order chi connectivity index (χ1) is 16.0. The maximum absolute atomic E-state index is 12.9. The molecule has 1 amide bonds. The second-order valence-corrected chi connectivity index (χ2v) is 9.14. The van der Waals surface area contributed by atoms with Gasteiger partial charge in [0.2, 0.25) is 5.91 Å². The second-order valence-electron chi connectivity index (χ2n) is 8.22. The predicted molar refractivity (Wildman–Crippen MR) is 136 cm³/mol. The number of nitrogens with one attached hydrogen (secondary N) is 1. The number of anilines is 2. The van der Waals surface area contributed by atoms with Crippen molar-refractivity contribution in [2.75, 3.05) is 23.7 Å². The number of rotatable bonds is 6. The van der Waals surface area contributed by atoms with E-state index in [1.165, 1.54) is 11.9 Å². The molecule has 1 fully saturated rings. The Morgan fingerprint density at radius 2 is 1.97 bits per heavy atom. The van der Waals surface area contributed by atoms with Gasteiger partial charge in [-0.05, 0) is 49.6 Å². The molecule has 170 valence electrons. The van der Waals surface area contributed by atoms with Crippen LogP contribution in [0.1, 0.15) is 29.5 Å². The van der Waals surface area contributed by atoms with Gasteiger partial charge in [-0.1, -0.05) is 45.8 Å². The number of hydrogen-bond donors (Lipinski definition) is 2. The Morgan fingerprint density at radius 1 is 1.21 bits per heavy atom. The van der Waals surface area contributed by atoms with E-state index in [1.807, 2.05) is 55.5 Å². The standard InChI is InChI=1S/C25H27BrN6O/c1-17-4-10-21(11-5-17)28-14-22-23(27)30-16-31-24(22)32-12-2-3-19(15-32)25(33)29-13-18-6-8-20(26)9-7-18/h4-11,14,16,19H,2-3,12-13,15H2,1H3,(H,29,33)(H2,27,30,31)/t19-/m1/s1. The van der Waals surface area contributed by atoms with Gasteiger partial charge < -0.3 is 16.0 Å². The summed E-state index contributed by atoms with van der Waals surface area (Å²) in [5, 5.41) is 3.07. The van der Waals surface area contributed by atoms with Crippen molar-refractivity contribution in [3.8, 4) is 0 Å². The number of carbonyl (C=O) groups is 1. The van der Waals surface area contributed by atoms with Crippen LogP contribution in [0.15, 0.2) is 64.3 Å². The first-order valence-electron chi connectivity index (χ1n) is 11.0. The maximum atomic E-state index is 12.9. The largest absolute Gasteiger partial charge is 0.383 e. The zero-order valence-corrected chi connectivity index (χ0v) is 20.1.